The lowest BCUT2D eigenvalue weighted by atomic mass is 10.1. The van der Waals surface area contributed by atoms with Crippen LogP contribution in [0.5, 0.6) is 11.8 Å². The second kappa shape index (κ2) is 20.0. The third kappa shape index (κ3) is 13.2. The Kier molecular flexibility index (Phi) is 14.9. The van der Waals surface area contributed by atoms with Gasteiger partial charge in [-0.2, -0.15) is 28.1 Å². The summed E-state index contributed by atoms with van der Waals surface area (Å²) in [4.78, 5) is 65.5. The number of nitrogens with zero attached hydrogens (tertiary/aromatic N) is 4. The van der Waals surface area contributed by atoms with E-state index in [1.165, 1.54) is 24.3 Å². The number of benzene rings is 3. The van der Waals surface area contributed by atoms with Crippen molar-refractivity contribution in [3.63, 3.8) is 0 Å². The van der Waals surface area contributed by atoms with E-state index in [4.69, 9.17) is 25.8 Å². The number of likely N-dealkylation sites (N-methyl/N-ethyl adjacent to an activating group) is 1. The zero-order chi connectivity index (χ0) is 42.6. The predicted molar refractivity (Wildman–Crippen MR) is 212 cm³/mol. The number of nitrogens with one attached hydrogen (secondary N) is 5. The summed E-state index contributed by atoms with van der Waals surface area (Å²) in [5.41, 5.74) is 1.04. The lowest BCUT2D eigenvalue weighted by Gasteiger charge is -2.19. The summed E-state index contributed by atoms with van der Waals surface area (Å²) in [6, 6.07) is 17.4. The van der Waals surface area contributed by atoms with Gasteiger partial charge >= 0.3 is 30.0 Å². The Morgan fingerprint density at radius 1 is 0.881 bits per heavy atom. The highest BCUT2D eigenvalue weighted by Crippen LogP contribution is 2.48. The molecule has 59 heavy (non-hydrogen) atoms. The number of carbonyl (C=O) groups is 4. The van der Waals surface area contributed by atoms with Gasteiger partial charge in [-0.25, -0.2) is 4.79 Å². The maximum atomic E-state index is 13.2. The molecule has 1 heterocycles. The van der Waals surface area contributed by atoms with Crippen LogP contribution in [0.4, 0.5) is 36.4 Å². The van der Waals surface area contributed by atoms with Gasteiger partial charge in [-0.3, -0.25) is 14.4 Å². The van der Waals surface area contributed by atoms with E-state index in [0.29, 0.717) is 41.6 Å². The van der Waals surface area contributed by atoms with Crippen molar-refractivity contribution in [1.82, 2.24) is 30.5 Å². The number of rotatable bonds is 19. The number of aromatic nitrogens is 3. The number of ether oxygens (including phenoxy) is 3. The van der Waals surface area contributed by atoms with Crippen molar-refractivity contribution in [3.05, 3.63) is 88.9 Å². The van der Waals surface area contributed by atoms with Gasteiger partial charge in [-0.05, 0) is 80.0 Å². The van der Waals surface area contributed by atoms with E-state index in [1.54, 1.807) is 36.4 Å². The molecule has 0 saturated heterocycles. The molecule has 4 aromatic rings. The van der Waals surface area contributed by atoms with Crippen molar-refractivity contribution < 1.29 is 46.6 Å². The molecular formula is C39H43ClF3N9O7. The van der Waals surface area contributed by atoms with Crippen molar-refractivity contribution in [2.45, 2.75) is 44.4 Å². The topological polar surface area (TPSA) is 198 Å². The Hall–Kier alpha value is -6.21. The highest BCUT2D eigenvalue weighted by molar-refractivity contribution is 6.39. The lowest BCUT2D eigenvalue weighted by Crippen LogP contribution is -2.50. The number of alkyl halides is 3. The summed E-state index contributed by atoms with van der Waals surface area (Å²) >= 11 is 6.04. The van der Waals surface area contributed by atoms with Gasteiger partial charge in [-0.1, -0.05) is 43.6 Å². The fourth-order valence-electron chi connectivity index (χ4n) is 5.64. The Labute approximate surface area is 342 Å². The molecule has 3 aromatic carbocycles. The van der Waals surface area contributed by atoms with Crippen LogP contribution >= 0.6 is 11.6 Å². The van der Waals surface area contributed by atoms with Crippen LogP contribution in [0.25, 0.3) is 0 Å². The number of halogens is 4. The Balaban J connectivity index is 1.18. The predicted octanol–water partition coefficient (Wildman–Crippen LogP) is 5.06. The van der Waals surface area contributed by atoms with E-state index in [1.807, 2.05) is 12.1 Å². The van der Waals surface area contributed by atoms with Gasteiger partial charge in [0.25, 0.3) is 5.91 Å². The molecule has 1 fully saturated rings. The standard InChI is InChI=1S/C39H43ClF3N9O7/c1-4-52(5-2)19-20-58-29-8-6-7-28(21-29)45-33(55)32(54)44-22-30(34(56)57-3)47-31(53)24-9-15-27(16-10-24)46-35-48-36(50-37(49-35)59-23-39(41,42)43)51-38(17-18-38)25-11-13-26(40)14-12-25/h6-16,21,30H,4-5,17-20,22-23H2,1-3H3,(H,44,54)(H,45,55)(H,47,53)(H2,46,48,49,50,51)/t30-/m0/s1. The lowest BCUT2D eigenvalue weighted by molar-refractivity contribution is -0.154. The average molecular weight is 842 g/mol. The molecule has 0 radical (unpaired) electrons. The first kappa shape index (κ1) is 43.9. The molecule has 5 rings (SSSR count). The smallest absolute Gasteiger partial charge is 0.422 e. The molecule has 3 amide bonds. The first-order valence-electron chi connectivity index (χ1n) is 18.5. The molecule has 1 aliphatic carbocycles. The highest BCUT2D eigenvalue weighted by atomic mass is 35.5. The second-order valence-electron chi connectivity index (χ2n) is 13.2. The number of esters is 1. The van der Waals surface area contributed by atoms with Crippen molar-refractivity contribution in [2.24, 2.45) is 0 Å². The molecule has 1 saturated carbocycles. The molecule has 0 bridgehead atoms. The second-order valence-corrected chi connectivity index (χ2v) is 13.6. The molecule has 0 unspecified atom stereocenters. The molecule has 314 valence electrons. The van der Waals surface area contributed by atoms with Crippen LogP contribution < -0.4 is 36.1 Å². The molecule has 0 spiro atoms. The highest BCUT2D eigenvalue weighted by Gasteiger charge is 2.45. The van der Waals surface area contributed by atoms with Crippen molar-refractivity contribution in [2.75, 3.05) is 62.5 Å². The largest absolute Gasteiger partial charge is 0.492 e. The molecule has 1 atom stereocenters. The molecule has 20 heteroatoms. The third-order valence-corrected chi connectivity index (χ3v) is 9.26. The van der Waals surface area contributed by atoms with Gasteiger partial charge in [0, 0.05) is 41.1 Å². The molecule has 0 aliphatic heterocycles. The maximum absolute atomic E-state index is 13.2. The Morgan fingerprint density at radius 2 is 1.58 bits per heavy atom. The molecule has 1 aliphatic rings. The molecule has 16 nitrogen and oxygen atoms in total. The van der Waals surface area contributed by atoms with Gasteiger partial charge in [0.15, 0.2) is 6.61 Å². The van der Waals surface area contributed by atoms with Crippen LogP contribution in [0.2, 0.25) is 5.02 Å². The Morgan fingerprint density at radius 3 is 2.22 bits per heavy atom. The van der Waals surface area contributed by atoms with Crippen LogP contribution in [0, 0.1) is 0 Å². The van der Waals surface area contributed by atoms with Crippen LogP contribution in [0.1, 0.15) is 42.6 Å². The average Bonchev–Trinajstić information content (AvgIpc) is 4.00. The molecular weight excluding hydrogens is 799 g/mol. The first-order chi connectivity index (χ1) is 28.2. The summed E-state index contributed by atoms with van der Waals surface area (Å²) in [5, 5.41) is 13.9. The SMILES string of the molecule is CCN(CC)CCOc1cccc(NC(=O)C(=O)NC[C@H](NC(=O)c2ccc(Nc3nc(NC4(c5ccc(Cl)cc5)CC4)nc(OCC(F)(F)F)n3)cc2)C(=O)OC)c1. The summed E-state index contributed by atoms with van der Waals surface area (Å²) < 4.78 is 54.4. The minimum Gasteiger partial charge on any atom is -0.492 e. The van der Waals surface area contributed by atoms with Crippen LogP contribution in [0.3, 0.4) is 0 Å². The fourth-order valence-corrected chi connectivity index (χ4v) is 5.77. The first-order valence-corrected chi connectivity index (χ1v) is 18.9. The van der Waals surface area contributed by atoms with Crippen LogP contribution in [-0.4, -0.2) is 102 Å². The van der Waals surface area contributed by atoms with E-state index >= 15 is 0 Å². The quantitative estimate of drug-likeness (QED) is 0.0621. The van der Waals surface area contributed by atoms with Gasteiger partial charge in [-0.15, -0.1) is 0 Å². The normalized spacial score (nSPS) is 13.4. The van der Waals surface area contributed by atoms with Crippen molar-refractivity contribution in [3.8, 4) is 11.8 Å². The van der Waals surface area contributed by atoms with E-state index < -0.39 is 60.6 Å². The summed E-state index contributed by atoms with van der Waals surface area (Å²) in [5.74, 6) is -3.40. The molecule has 5 N–H and O–H groups in total. The van der Waals surface area contributed by atoms with Crippen molar-refractivity contribution >= 4 is 58.6 Å². The van der Waals surface area contributed by atoms with Crippen LogP contribution in [-0.2, 0) is 24.7 Å². The minimum absolute atomic E-state index is 0.0396. The van der Waals surface area contributed by atoms with Gasteiger partial charge in [0.2, 0.25) is 11.9 Å². The summed E-state index contributed by atoms with van der Waals surface area (Å²) in [6.45, 7) is 4.91. The number of methoxy groups -OCH3 is 1. The zero-order valence-corrected chi connectivity index (χ0v) is 33.1. The zero-order valence-electron chi connectivity index (χ0n) is 32.3. The van der Waals surface area contributed by atoms with Gasteiger partial charge < -0.3 is 45.7 Å². The van der Waals surface area contributed by atoms with E-state index in [-0.39, 0.29) is 17.5 Å². The number of hydrogen-bond acceptors (Lipinski definition) is 13. The molecule has 1 aromatic heterocycles. The van der Waals surface area contributed by atoms with E-state index in [9.17, 15) is 32.3 Å². The minimum atomic E-state index is -4.65. The number of amides is 3. The van der Waals surface area contributed by atoms with E-state index in [2.05, 4.69) is 60.3 Å². The fraction of sp³-hybridized carbons (Fsp3) is 0.359. The number of anilines is 4. The third-order valence-electron chi connectivity index (χ3n) is 9.01. The maximum Gasteiger partial charge on any atom is 0.422 e. The van der Waals surface area contributed by atoms with Gasteiger partial charge in [0.05, 0.1) is 12.6 Å². The summed E-state index contributed by atoms with van der Waals surface area (Å²) in [6.07, 6.45) is -3.24. The van der Waals surface area contributed by atoms with Crippen LogP contribution in [0.15, 0.2) is 72.8 Å². The number of carbonyl (C=O) groups excluding carboxylic acids is 4. The van der Waals surface area contributed by atoms with Crippen molar-refractivity contribution in [1.29, 1.82) is 0 Å². The number of hydrogen-bond donors (Lipinski definition) is 5. The summed E-state index contributed by atoms with van der Waals surface area (Å²) in [7, 11) is 1.09. The van der Waals surface area contributed by atoms with E-state index in [0.717, 1.165) is 32.3 Å². The van der Waals surface area contributed by atoms with Gasteiger partial charge in [0.1, 0.15) is 18.4 Å². The Bertz CT molecular complexity index is 2090. The monoisotopic (exact) mass is 841 g/mol.